The van der Waals surface area contributed by atoms with E-state index in [0.29, 0.717) is 13.1 Å². The molecule has 20 heavy (non-hydrogen) atoms. The smallest absolute Gasteiger partial charge is 0.382 e. The molecule has 0 spiro atoms. The van der Waals surface area contributed by atoms with Crippen molar-refractivity contribution in [3.05, 3.63) is 29.8 Å². The summed E-state index contributed by atoms with van der Waals surface area (Å²) in [6, 6.07) is 8.39. The van der Waals surface area contributed by atoms with E-state index in [-0.39, 0.29) is 6.04 Å². The Morgan fingerprint density at radius 3 is 2.45 bits per heavy atom. The maximum atomic E-state index is 12.3. The zero-order valence-corrected chi connectivity index (χ0v) is 11.7. The Balaban J connectivity index is 1.85. The highest BCUT2D eigenvalue weighted by Gasteiger charge is 2.32. The van der Waals surface area contributed by atoms with E-state index in [4.69, 9.17) is 0 Å². The number of likely N-dealkylation sites (tertiary alicyclic amines) is 1. The van der Waals surface area contributed by atoms with Gasteiger partial charge in [0.15, 0.2) is 0 Å². The Hall–Kier alpha value is -1.23. The lowest BCUT2D eigenvalue weighted by molar-refractivity contribution is -0.147. The van der Waals surface area contributed by atoms with Gasteiger partial charge in [-0.25, -0.2) is 0 Å². The van der Waals surface area contributed by atoms with E-state index < -0.39 is 12.7 Å². The van der Waals surface area contributed by atoms with Gasteiger partial charge in [-0.1, -0.05) is 25.1 Å². The first-order valence-corrected chi connectivity index (χ1v) is 7.11. The highest BCUT2D eigenvalue weighted by atomic mass is 19.4. The third-order valence-corrected chi connectivity index (χ3v) is 3.75. The van der Waals surface area contributed by atoms with Crippen molar-refractivity contribution in [2.24, 2.45) is 0 Å². The van der Waals surface area contributed by atoms with Gasteiger partial charge in [0.1, 0.15) is 0 Å². The monoisotopic (exact) mass is 286 g/mol. The molecule has 0 atom stereocenters. The van der Waals surface area contributed by atoms with Gasteiger partial charge in [-0.3, -0.25) is 4.90 Å². The fourth-order valence-electron chi connectivity index (χ4n) is 2.68. The largest absolute Gasteiger partial charge is 0.401 e. The van der Waals surface area contributed by atoms with Crippen LogP contribution in [0.25, 0.3) is 0 Å². The molecule has 2 nitrogen and oxygen atoms in total. The van der Waals surface area contributed by atoms with E-state index in [9.17, 15) is 13.2 Å². The van der Waals surface area contributed by atoms with Crippen molar-refractivity contribution < 1.29 is 13.2 Å². The van der Waals surface area contributed by atoms with Gasteiger partial charge in [-0.05, 0) is 30.9 Å². The van der Waals surface area contributed by atoms with Crippen LogP contribution in [0.1, 0.15) is 25.3 Å². The van der Waals surface area contributed by atoms with E-state index in [1.807, 2.05) is 18.2 Å². The first kappa shape index (κ1) is 15.2. The number of hydrogen-bond acceptors (Lipinski definition) is 2. The molecule has 0 saturated carbocycles. The Labute approximate surface area is 118 Å². The fraction of sp³-hybridized carbons (Fsp3) is 0.600. The van der Waals surface area contributed by atoms with Crippen LogP contribution in [-0.4, -0.2) is 36.8 Å². The number of piperidine rings is 1. The summed E-state index contributed by atoms with van der Waals surface area (Å²) in [7, 11) is 0. The molecule has 5 heteroatoms. The average molecular weight is 286 g/mol. The molecule has 0 aliphatic carbocycles. The zero-order chi connectivity index (χ0) is 14.6. The van der Waals surface area contributed by atoms with Crippen LogP contribution >= 0.6 is 0 Å². The second-order valence-electron chi connectivity index (χ2n) is 5.32. The van der Waals surface area contributed by atoms with Gasteiger partial charge >= 0.3 is 6.18 Å². The topological polar surface area (TPSA) is 15.3 Å². The predicted molar refractivity (Wildman–Crippen MR) is 75.0 cm³/mol. The van der Waals surface area contributed by atoms with E-state index in [1.54, 1.807) is 0 Å². The fourth-order valence-corrected chi connectivity index (χ4v) is 2.68. The van der Waals surface area contributed by atoms with E-state index in [2.05, 4.69) is 18.3 Å². The second kappa shape index (κ2) is 6.48. The summed E-state index contributed by atoms with van der Waals surface area (Å²) < 4.78 is 37.0. The van der Waals surface area contributed by atoms with Crippen LogP contribution in [0.3, 0.4) is 0 Å². The first-order valence-electron chi connectivity index (χ1n) is 7.11. The molecule has 2 rings (SSSR count). The highest BCUT2D eigenvalue weighted by Crippen LogP contribution is 2.23. The average Bonchev–Trinajstić information content (AvgIpc) is 2.40. The van der Waals surface area contributed by atoms with Crippen molar-refractivity contribution in [2.75, 3.05) is 25.0 Å². The molecule has 112 valence electrons. The number of aryl methyl sites for hydroxylation is 1. The molecule has 1 N–H and O–H groups in total. The number of nitrogens with one attached hydrogen (secondary N) is 1. The second-order valence-corrected chi connectivity index (χ2v) is 5.32. The van der Waals surface area contributed by atoms with Crippen LogP contribution in [0.4, 0.5) is 18.9 Å². The third-order valence-electron chi connectivity index (χ3n) is 3.75. The van der Waals surface area contributed by atoms with Crippen molar-refractivity contribution in [3.8, 4) is 0 Å². The molecule has 0 radical (unpaired) electrons. The lowest BCUT2D eigenvalue weighted by Crippen LogP contribution is -2.43. The molecule has 1 fully saturated rings. The molecule has 0 amide bonds. The molecule has 1 saturated heterocycles. The summed E-state index contributed by atoms with van der Waals surface area (Å²) in [5.74, 6) is 0. The van der Waals surface area contributed by atoms with Crippen LogP contribution in [0.15, 0.2) is 24.3 Å². The number of anilines is 1. The van der Waals surface area contributed by atoms with E-state index in [1.165, 1.54) is 10.5 Å². The molecular weight excluding hydrogens is 265 g/mol. The van der Waals surface area contributed by atoms with E-state index in [0.717, 1.165) is 24.9 Å². The minimum atomic E-state index is -4.09. The predicted octanol–water partition coefficient (Wildman–Crippen LogP) is 3.69. The summed E-state index contributed by atoms with van der Waals surface area (Å²) in [4.78, 5) is 1.49. The first-order chi connectivity index (χ1) is 9.48. The van der Waals surface area contributed by atoms with Gasteiger partial charge in [0, 0.05) is 24.8 Å². The molecule has 1 aliphatic rings. The van der Waals surface area contributed by atoms with Gasteiger partial charge in [0.25, 0.3) is 0 Å². The maximum Gasteiger partial charge on any atom is 0.401 e. The van der Waals surface area contributed by atoms with Crippen molar-refractivity contribution in [3.63, 3.8) is 0 Å². The third kappa shape index (κ3) is 4.40. The Kier molecular flexibility index (Phi) is 4.91. The Morgan fingerprint density at radius 2 is 1.85 bits per heavy atom. The standard InChI is InChI=1S/C15H21F3N2/c1-2-12-5-3-4-6-14(12)19-13-7-9-20(10-8-13)11-15(16,17)18/h3-6,13,19H,2,7-11H2,1H3. The van der Waals surface area contributed by atoms with Crippen LogP contribution in [0, 0.1) is 0 Å². The number of benzene rings is 1. The number of para-hydroxylation sites is 1. The van der Waals surface area contributed by atoms with Crippen molar-refractivity contribution in [1.29, 1.82) is 0 Å². The van der Waals surface area contributed by atoms with Crippen molar-refractivity contribution in [1.82, 2.24) is 4.90 Å². The lowest BCUT2D eigenvalue weighted by Gasteiger charge is -2.33. The number of nitrogens with zero attached hydrogens (tertiary/aromatic N) is 1. The minimum absolute atomic E-state index is 0.271. The van der Waals surface area contributed by atoms with Crippen LogP contribution < -0.4 is 5.32 Å². The van der Waals surface area contributed by atoms with Crippen molar-refractivity contribution >= 4 is 5.69 Å². The number of halogens is 3. The van der Waals surface area contributed by atoms with Crippen LogP contribution in [0.2, 0.25) is 0 Å². The van der Waals surface area contributed by atoms with Crippen LogP contribution in [-0.2, 0) is 6.42 Å². The van der Waals surface area contributed by atoms with Gasteiger partial charge < -0.3 is 5.32 Å². The van der Waals surface area contributed by atoms with Gasteiger partial charge in [0.05, 0.1) is 6.54 Å². The van der Waals surface area contributed by atoms with Gasteiger partial charge in [-0.2, -0.15) is 13.2 Å². The molecule has 1 aromatic rings. The summed E-state index contributed by atoms with van der Waals surface area (Å²) in [6.45, 7) is 2.33. The van der Waals surface area contributed by atoms with Crippen LogP contribution in [0.5, 0.6) is 0 Å². The molecule has 0 bridgehead atoms. The summed E-state index contributed by atoms with van der Waals surface area (Å²) in [5, 5.41) is 3.48. The summed E-state index contributed by atoms with van der Waals surface area (Å²) in [6.07, 6.45) is -1.62. The molecule has 0 aromatic heterocycles. The van der Waals surface area contributed by atoms with Gasteiger partial charge in [-0.15, -0.1) is 0 Å². The molecule has 1 aromatic carbocycles. The highest BCUT2D eigenvalue weighted by molar-refractivity contribution is 5.51. The Bertz CT molecular complexity index is 423. The number of rotatable bonds is 4. The maximum absolute atomic E-state index is 12.3. The lowest BCUT2D eigenvalue weighted by atomic mass is 10.0. The molecule has 1 aliphatic heterocycles. The van der Waals surface area contributed by atoms with Gasteiger partial charge in [0.2, 0.25) is 0 Å². The summed E-state index contributed by atoms with van der Waals surface area (Å²) >= 11 is 0. The molecule has 1 heterocycles. The zero-order valence-electron chi connectivity index (χ0n) is 11.7. The number of hydrogen-bond donors (Lipinski definition) is 1. The molecule has 0 unspecified atom stereocenters. The Morgan fingerprint density at radius 1 is 1.20 bits per heavy atom. The summed E-state index contributed by atoms with van der Waals surface area (Å²) in [5.41, 5.74) is 2.37. The quantitative estimate of drug-likeness (QED) is 0.908. The number of alkyl halides is 3. The SMILES string of the molecule is CCc1ccccc1NC1CCN(CC(F)(F)F)CC1. The normalized spacial score (nSPS) is 18.2. The van der Waals surface area contributed by atoms with Crippen molar-refractivity contribution in [2.45, 2.75) is 38.4 Å². The molecular formula is C15H21F3N2. The van der Waals surface area contributed by atoms with E-state index >= 15 is 0 Å². The minimum Gasteiger partial charge on any atom is -0.382 e.